The van der Waals surface area contributed by atoms with Crippen LogP contribution in [0.2, 0.25) is 5.02 Å². The number of aromatic carboxylic acids is 1. The maximum Gasteiger partial charge on any atom is 0.339 e. The molecule has 6 nitrogen and oxygen atoms in total. The zero-order chi connectivity index (χ0) is 20.5. The van der Waals surface area contributed by atoms with Crippen LogP contribution in [-0.2, 0) is 0 Å². The quantitative estimate of drug-likeness (QED) is 0.466. The van der Waals surface area contributed by atoms with E-state index < -0.39 is 11.9 Å². The fourth-order valence-corrected chi connectivity index (χ4v) is 4.05. The molecule has 0 radical (unpaired) electrons. The number of rotatable bonds is 4. The Kier molecular flexibility index (Phi) is 5.00. The van der Waals surface area contributed by atoms with Crippen LogP contribution in [0.3, 0.4) is 0 Å². The first-order chi connectivity index (χ1) is 13.9. The number of anilines is 1. The zero-order valence-electron chi connectivity index (χ0n) is 15.1. The normalized spacial score (nSPS) is 10.8. The Hall–Kier alpha value is -3.29. The summed E-state index contributed by atoms with van der Waals surface area (Å²) >= 11 is 7.05. The van der Waals surface area contributed by atoms with Crippen LogP contribution in [0.1, 0.15) is 26.4 Å². The van der Waals surface area contributed by atoms with Crippen molar-refractivity contribution in [3.63, 3.8) is 0 Å². The Morgan fingerprint density at radius 2 is 1.90 bits per heavy atom. The first-order valence-electron chi connectivity index (χ1n) is 8.58. The minimum Gasteiger partial charge on any atom is -0.478 e. The molecule has 8 heteroatoms. The summed E-state index contributed by atoms with van der Waals surface area (Å²) < 4.78 is 0. The van der Waals surface area contributed by atoms with Crippen molar-refractivity contribution >= 4 is 50.8 Å². The zero-order valence-corrected chi connectivity index (χ0v) is 16.7. The minimum absolute atomic E-state index is 0.0234. The van der Waals surface area contributed by atoms with Gasteiger partial charge >= 0.3 is 5.97 Å². The molecule has 2 heterocycles. The number of carbonyl (C=O) groups excluding carboxylic acids is 1. The summed E-state index contributed by atoms with van der Waals surface area (Å²) in [6.45, 7) is 1.92. The molecule has 0 aliphatic rings. The topological polar surface area (TPSA) is 92.2 Å². The molecule has 1 amide bonds. The van der Waals surface area contributed by atoms with Gasteiger partial charge in [-0.05, 0) is 36.2 Å². The lowest BCUT2D eigenvalue weighted by Crippen LogP contribution is -2.15. The molecule has 0 atom stereocenters. The standard InChI is InChI=1S/C21H14ClN3O3S/c1-11-3-2-4-15-18(11)23-9-16(24-15)19(26)25-20-17(21(27)28)14(10-29-20)12-5-7-13(22)8-6-12/h2-10H,1H3,(H,25,26)(H,27,28). The number of thiophene rings is 1. The second kappa shape index (κ2) is 7.62. The van der Waals surface area contributed by atoms with Crippen LogP contribution in [0.15, 0.2) is 54.0 Å². The van der Waals surface area contributed by atoms with Gasteiger partial charge in [0.25, 0.3) is 5.91 Å². The molecule has 0 fully saturated rings. The molecule has 144 valence electrons. The van der Waals surface area contributed by atoms with Crippen LogP contribution < -0.4 is 5.32 Å². The summed E-state index contributed by atoms with van der Waals surface area (Å²) in [5.41, 5.74) is 3.62. The van der Waals surface area contributed by atoms with Crippen LogP contribution in [0.5, 0.6) is 0 Å². The van der Waals surface area contributed by atoms with Crippen LogP contribution in [0.25, 0.3) is 22.2 Å². The number of carboxylic acid groups (broad SMARTS) is 1. The van der Waals surface area contributed by atoms with Crippen LogP contribution in [0.4, 0.5) is 5.00 Å². The Balaban J connectivity index is 1.68. The number of aromatic nitrogens is 2. The SMILES string of the molecule is Cc1cccc2nc(C(=O)Nc3scc(-c4ccc(Cl)cc4)c3C(=O)O)cnc12. The number of nitrogens with one attached hydrogen (secondary N) is 1. The van der Waals surface area contributed by atoms with Gasteiger partial charge in [0.15, 0.2) is 0 Å². The van der Waals surface area contributed by atoms with Gasteiger partial charge in [0.1, 0.15) is 16.3 Å². The highest BCUT2D eigenvalue weighted by Crippen LogP contribution is 2.36. The first kappa shape index (κ1) is 19.0. The summed E-state index contributed by atoms with van der Waals surface area (Å²) in [4.78, 5) is 33.2. The summed E-state index contributed by atoms with van der Waals surface area (Å²) in [5, 5.41) is 14.8. The predicted octanol–water partition coefficient (Wildman–Crippen LogP) is 5.27. The number of aryl methyl sites for hydroxylation is 1. The van der Waals surface area contributed by atoms with Crippen molar-refractivity contribution in [2.45, 2.75) is 6.92 Å². The lowest BCUT2D eigenvalue weighted by molar-refractivity contribution is 0.0699. The van der Waals surface area contributed by atoms with Gasteiger partial charge in [0.2, 0.25) is 0 Å². The van der Waals surface area contributed by atoms with Crippen LogP contribution in [-0.4, -0.2) is 27.0 Å². The van der Waals surface area contributed by atoms with E-state index in [9.17, 15) is 14.7 Å². The van der Waals surface area contributed by atoms with Gasteiger partial charge in [-0.2, -0.15) is 0 Å². The molecule has 0 aliphatic heterocycles. The number of para-hydroxylation sites is 1. The number of benzene rings is 2. The fraction of sp³-hybridized carbons (Fsp3) is 0.0476. The highest BCUT2D eigenvalue weighted by Gasteiger charge is 2.22. The van der Waals surface area contributed by atoms with Gasteiger partial charge < -0.3 is 10.4 Å². The molecule has 2 aromatic heterocycles. The molecule has 4 aromatic rings. The third-order valence-corrected chi connectivity index (χ3v) is 5.54. The number of carboxylic acids is 1. The van der Waals surface area contributed by atoms with Crippen molar-refractivity contribution in [3.8, 4) is 11.1 Å². The van der Waals surface area contributed by atoms with E-state index in [0.29, 0.717) is 21.7 Å². The number of hydrogen-bond acceptors (Lipinski definition) is 5. The predicted molar refractivity (Wildman–Crippen MR) is 114 cm³/mol. The van der Waals surface area contributed by atoms with Gasteiger partial charge in [0, 0.05) is 16.0 Å². The summed E-state index contributed by atoms with van der Waals surface area (Å²) in [6, 6.07) is 12.4. The monoisotopic (exact) mass is 423 g/mol. The van der Waals surface area contributed by atoms with E-state index in [1.807, 2.05) is 19.1 Å². The second-order valence-corrected chi connectivity index (χ2v) is 7.63. The molecule has 29 heavy (non-hydrogen) atoms. The second-order valence-electron chi connectivity index (χ2n) is 6.32. The molecular weight excluding hydrogens is 410 g/mol. The van der Waals surface area contributed by atoms with Crippen LogP contribution in [0, 0.1) is 6.92 Å². The number of amides is 1. The van der Waals surface area contributed by atoms with Gasteiger partial charge in [-0.15, -0.1) is 11.3 Å². The molecule has 4 rings (SSSR count). The Morgan fingerprint density at radius 3 is 2.62 bits per heavy atom. The first-order valence-corrected chi connectivity index (χ1v) is 9.84. The summed E-state index contributed by atoms with van der Waals surface area (Å²) in [5.74, 6) is -1.65. The lowest BCUT2D eigenvalue weighted by atomic mass is 10.0. The van der Waals surface area contributed by atoms with E-state index in [2.05, 4.69) is 15.3 Å². The number of nitrogens with zero attached hydrogens (tertiary/aromatic N) is 2. The van der Waals surface area contributed by atoms with E-state index in [0.717, 1.165) is 22.4 Å². The Labute approximate surface area is 174 Å². The van der Waals surface area contributed by atoms with Crippen molar-refractivity contribution in [2.75, 3.05) is 5.32 Å². The smallest absolute Gasteiger partial charge is 0.339 e. The number of halogens is 1. The average molecular weight is 424 g/mol. The van der Waals surface area contributed by atoms with Gasteiger partial charge in [0.05, 0.1) is 17.2 Å². The van der Waals surface area contributed by atoms with E-state index in [4.69, 9.17) is 11.6 Å². The average Bonchev–Trinajstić information content (AvgIpc) is 3.12. The number of hydrogen-bond donors (Lipinski definition) is 2. The molecule has 2 aromatic carbocycles. The number of fused-ring (bicyclic) bond motifs is 1. The number of carbonyl (C=O) groups is 2. The van der Waals surface area contributed by atoms with Crippen molar-refractivity contribution in [1.82, 2.24) is 9.97 Å². The third-order valence-electron chi connectivity index (χ3n) is 4.39. The van der Waals surface area contributed by atoms with E-state index in [-0.39, 0.29) is 16.3 Å². The van der Waals surface area contributed by atoms with Gasteiger partial charge in [-0.1, -0.05) is 35.9 Å². The van der Waals surface area contributed by atoms with Crippen molar-refractivity contribution in [1.29, 1.82) is 0 Å². The maximum atomic E-state index is 12.7. The van der Waals surface area contributed by atoms with Crippen LogP contribution >= 0.6 is 22.9 Å². The van der Waals surface area contributed by atoms with E-state index in [1.165, 1.54) is 6.20 Å². The maximum absolute atomic E-state index is 12.7. The molecule has 0 saturated heterocycles. The molecular formula is C21H14ClN3O3S. The molecule has 2 N–H and O–H groups in total. The van der Waals surface area contributed by atoms with Crippen molar-refractivity contribution < 1.29 is 14.7 Å². The lowest BCUT2D eigenvalue weighted by Gasteiger charge is -2.07. The van der Waals surface area contributed by atoms with Crippen molar-refractivity contribution in [2.24, 2.45) is 0 Å². The molecule has 0 bridgehead atoms. The highest BCUT2D eigenvalue weighted by molar-refractivity contribution is 7.15. The molecule has 0 saturated carbocycles. The van der Waals surface area contributed by atoms with E-state index >= 15 is 0 Å². The molecule has 0 spiro atoms. The Morgan fingerprint density at radius 1 is 1.14 bits per heavy atom. The van der Waals surface area contributed by atoms with E-state index in [1.54, 1.807) is 35.7 Å². The fourth-order valence-electron chi connectivity index (χ4n) is 2.97. The summed E-state index contributed by atoms with van der Waals surface area (Å²) in [7, 11) is 0. The largest absolute Gasteiger partial charge is 0.478 e. The summed E-state index contributed by atoms with van der Waals surface area (Å²) in [6.07, 6.45) is 1.39. The van der Waals surface area contributed by atoms with Gasteiger partial charge in [-0.3, -0.25) is 9.78 Å². The Bertz CT molecular complexity index is 1250. The molecule has 0 unspecified atom stereocenters. The van der Waals surface area contributed by atoms with Gasteiger partial charge in [-0.25, -0.2) is 9.78 Å². The molecule has 0 aliphatic carbocycles. The minimum atomic E-state index is -1.13. The highest BCUT2D eigenvalue weighted by atomic mass is 35.5. The third kappa shape index (κ3) is 3.70. The van der Waals surface area contributed by atoms with Crippen molar-refractivity contribution in [3.05, 3.63) is 75.9 Å².